The minimum atomic E-state index is 0. The van der Waals surface area contributed by atoms with Crippen LogP contribution in [0, 0.1) is 6.92 Å². The summed E-state index contributed by atoms with van der Waals surface area (Å²) >= 11 is 14.2. The van der Waals surface area contributed by atoms with Crippen molar-refractivity contribution in [1.29, 1.82) is 0 Å². The molecule has 0 amide bonds. The molecule has 0 bridgehead atoms. The number of nitrogens with one attached hydrogen (secondary N) is 1. The van der Waals surface area contributed by atoms with Crippen molar-refractivity contribution in [2.75, 3.05) is 12.3 Å². The topological polar surface area (TPSA) is 60.6 Å². The Morgan fingerprint density at radius 2 is 1.75 bits per heavy atom. The van der Waals surface area contributed by atoms with Gasteiger partial charge < -0.3 is 9.88 Å². The first-order valence-corrected chi connectivity index (χ1v) is 13.0. The second-order valence-corrected chi connectivity index (χ2v) is 10.0. The van der Waals surface area contributed by atoms with E-state index in [9.17, 15) is 0 Å². The second-order valence-electron chi connectivity index (χ2n) is 8.14. The summed E-state index contributed by atoms with van der Waals surface area (Å²) in [6, 6.07) is 24.1. The van der Waals surface area contributed by atoms with Crippen LogP contribution < -0.4 is 5.32 Å². The number of hydrogen-bond acceptors (Lipinski definition) is 5. The lowest BCUT2D eigenvalue weighted by molar-refractivity contribution is 0.716. The third kappa shape index (κ3) is 5.71. The number of benzene rings is 3. The lowest BCUT2D eigenvalue weighted by atomic mass is 10.1. The van der Waals surface area contributed by atoms with Gasteiger partial charge in [0, 0.05) is 52.0 Å². The predicted octanol–water partition coefficient (Wildman–Crippen LogP) is 6.58. The Balaban J connectivity index is 0.00000304. The molecule has 5 aromatic rings. The Kier molecular flexibility index (Phi) is 8.93. The van der Waals surface area contributed by atoms with Gasteiger partial charge in [-0.3, -0.25) is 0 Å². The molecular weight excluding hydrogens is 535 g/mol. The Labute approximate surface area is 230 Å². The molecule has 36 heavy (non-hydrogen) atoms. The molecular formula is C26H25Cl3N6S. The van der Waals surface area contributed by atoms with Gasteiger partial charge in [-0.25, -0.2) is 0 Å². The van der Waals surface area contributed by atoms with Crippen LogP contribution in [-0.2, 0) is 13.1 Å². The summed E-state index contributed by atoms with van der Waals surface area (Å²) in [5.41, 5.74) is 5.73. The van der Waals surface area contributed by atoms with Crippen LogP contribution in [0.5, 0.6) is 0 Å². The molecule has 6 nitrogen and oxygen atoms in total. The average Bonchev–Trinajstić information content (AvgIpc) is 3.44. The Bertz CT molecular complexity index is 1450. The van der Waals surface area contributed by atoms with Gasteiger partial charge in [0.15, 0.2) is 0 Å². The number of hydrogen-bond donors (Lipinski definition) is 1. The van der Waals surface area contributed by atoms with Gasteiger partial charge in [-0.15, -0.1) is 17.5 Å². The molecule has 0 atom stereocenters. The Morgan fingerprint density at radius 3 is 2.56 bits per heavy atom. The molecule has 0 saturated carbocycles. The fourth-order valence-electron chi connectivity index (χ4n) is 4.18. The average molecular weight is 560 g/mol. The van der Waals surface area contributed by atoms with Gasteiger partial charge >= 0.3 is 0 Å². The molecule has 0 aliphatic rings. The SMILES string of the molecule is Cc1c(CNCCSc2nnnn2-c2ccccc2)c2ccccc2n1Cc1ccc(Cl)cc1Cl.Cl. The molecule has 0 fully saturated rings. The van der Waals surface area contributed by atoms with Crippen LogP contribution in [0.3, 0.4) is 0 Å². The fraction of sp³-hybridized carbons (Fsp3) is 0.192. The third-order valence-electron chi connectivity index (χ3n) is 5.96. The van der Waals surface area contributed by atoms with Crippen LogP contribution in [-0.4, -0.2) is 37.1 Å². The molecule has 2 heterocycles. The molecule has 3 aromatic carbocycles. The van der Waals surface area contributed by atoms with E-state index in [-0.39, 0.29) is 12.4 Å². The van der Waals surface area contributed by atoms with Crippen molar-refractivity contribution < 1.29 is 0 Å². The maximum Gasteiger partial charge on any atom is 0.214 e. The van der Waals surface area contributed by atoms with E-state index in [2.05, 4.69) is 56.6 Å². The predicted molar refractivity (Wildman–Crippen MR) is 151 cm³/mol. The van der Waals surface area contributed by atoms with E-state index in [1.165, 1.54) is 22.2 Å². The molecule has 0 radical (unpaired) electrons. The number of aromatic nitrogens is 5. The molecule has 0 aliphatic carbocycles. The summed E-state index contributed by atoms with van der Waals surface area (Å²) in [5.74, 6) is 0.852. The highest BCUT2D eigenvalue weighted by molar-refractivity contribution is 7.99. The van der Waals surface area contributed by atoms with Crippen LogP contribution >= 0.6 is 47.4 Å². The van der Waals surface area contributed by atoms with E-state index in [4.69, 9.17) is 23.2 Å². The van der Waals surface area contributed by atoms with Crippen LogP contribution in [0.4, 0.5) is 0 Å². The molecule has 5 rings (SSSR count). The summed E-state index contributed by atoms with van der Waals surface area (Å²) in [6.07, 6.45) is 0. The number of halogens is 3. The molecule has 0 unspecified atom stereocenters. The summed E-state index contributed by atoms with van der Waals surface area (Å²) < 4.78 is 4.09. The van der Waals surface area contributed by atoms with Crippen molar-refractivity contribution in [3.63, 3.8) is 0 Å². The van der Waals surface area contributed by atoms with E-state index in [0.29, 0.717) is 16.6 Å². The monoisotopic (exact) mass is 558 g/mol. The van der Waals surface area contributed by atoms with E-state index >= 15 is 0 Å². The first-order chi connectivity index (χ1) is 17.1. The van der Waals surface area contributed by atoms with Gasteiger partial charge in [0.25, 0.3) is 0 Å². The Morgan fingerprint density at radius 1 is 0.972 bits per heavy atom. The molecule has 1 N–H and O–H groups in total. The highest BCUT2D eigenvalue weighted by atomic mass is 35.5. The number of tetrazole rings is 1. The summed E-state index contributed by atoms with van der Waals surface area (Å²) in [5, 5.41) is 19.1. The standard InChI is InChI=1S/C26H24Cl2N6S.ClH/c1-18-23(16-29-13-14-35-26-30-31-32-34(26)21-7-3-2-4-8-21)22-9-5-6-10-25(22)33(18)17-19-11-12-20(27)15-24(19)28;/h2-12,15,29H,13-14,16-17H2,1H3;1H. The molecule has 0 saturated heterocycles. The maximum absolute atomic E-state index is 6.47. The minimum absolute atomic E-state index is 0. The van der Waals surface area contributed by atoms with Crippen molar-refractivity contribution in [1.82, 2.24) is 30.1 Å². The van der Waals surface area contributed by atoms with E-state index < -0.39 is 0 Å². The zero-order valence-electron chi connectivity index (χ0n) is 19.6. The summed E-state index contributed by atoms with van der Waals surface area (Å²) in [7, 11) is 0. The molecule has 186 valence electrons. The Hall–Kier alpha value is -2.55. The fourth-order valence-corrected chi connectivity index (χ4v) is 5.43. The van der Waals surface area contributed by atoms with Gasteiger partial charge in [0.2, 0.25) is 5.16 Å². The second kappa shape index (κ2) is 12.1. The lowest BCUT2D eigenvalue weighted by Crippen LogP contribution is -2.17. The quantitative estimate of drug-likeness (QED) is 0.163. The van der Waals surface area contributed by atoms with Gasteiger partial charge in [-0.05, 0) is 58.8 Å². The number of nitrogens with zero attached hydrogens (tertiary/aromatic N) is 5. The third-order valence-corrected chi connectivity index (χ3v) is 7.47. The van der Waals surface area contributed by atoms with E-state index in [0.717, 1.165) is 35.2 Å². The first-order valence-electron chi connectivity index (χ1n) is 11.3. The zero-order valence-corrected chi connectivity index (χ0v) is 22.7. The lowest BCUT2D eigenvalue weighted by Gasteiger charge is -2.11. The number of rotatable bonds is 9. The van der Waals surface area contributed by atoms with Crippen LogP contribution in [0.15, 0.2) is 78.0 Å². The van der Waals surface area contributed by atoms with Gasteiger partial charge in [0.1, 0.15) is 0 Å². The van der Waals surface area contributed by atoms with Crippen LogP contribution in [0.2, 0.25) is 10.0 Å². The van der Waals surface area contributed by atoms with Crippen molar-refractivity contribution in [3.8, 4) is 5.69 Å². The van der Waals surface area contributed by atoms with E-state index in [1.807, 2.05) is 42.5 Å². The van der Waals surface area contributed by atoms with Gasteiger partial charge in [-0.1, -0.05) is 77.4 Å². The highest BCUT2D eigenvalue weighted by Crippen LogP contribution is 2.29. The number of para-hydroxylation sites is 2. The van der Waals surface area contributed by atoms with Crippen LogP contribution in [0.1, 0.15) is 16.8 Å². The van der Waals surface area contributed by atoms with Crippen molar-refractivity contribution in [2.24, 2.45) is 0 Å². The number of thioether (sulfide) groups is 1. The molecule has 2 aromatic heterocycles. The van der Waals surface area contributed by atoms with Crippen molar-refractivity contribution >= 4 is 58.3 Å². The molecule has 0 aliphatic heterocycles. The van der Waals surface area contributed by atoms with Gasteiger partial charge in [-0.2, -0.15) is 4.68 Å². The summed E-state index contributed by atoms with van der Waals surface area (Å²) in [6.45, 7) is 4.47. The number of fused-ring (bicyclic) bond motifs is 1. The molecule has 10 heteroatoms. The zero-order chi connectivity index (χ0) is 24.2. The van der Waals surface area contributed by atoms with Crippen molar-refractivity contribution in [3.05, 3.63) is 99.7 Å². The first kappa shape index (κ1) is 26.5. The maximum atomic E-state index is 6.47. The molecule has 0 spiro atoms. The van der Waals surface area contributed by atoms with E-state index in [1.54, 1.807) is 22.5 Å². The normalized spacial score (nSPS) is 11.1. The summed E-state index contributed by atoms with van der Waals surface area (Å²) in [4.78, 5) is 0. The van der Waals surface area contributed by atoms with Gasteiger partial charge in [0.05, 0.1) is 5.69 Å². The van der Waals surface area contributed by atoms with Crippen LogP contribution in [0.25, 0.3) is 16.6 Å². The minimum Gasteiger partial charge on any atom is -0.340 e. The largest absolute Gasteiger partial charge is 0.340 e. The highest BCUT2D eigenvalue weighted by Gasteiger charge is 2.15. The van der Waals surface area contributed by atoms with Crippen molar-refractivity contribution in [2.45, 2.75) is 25.2 Å². The smallest absolute Gasteiger partial charge is 0.214 e.